The summed E-state index contributed by atoms with van der Waals surface area (Å²) < 4.78 is 10.3. The molecular weight excluding hydrogens is 242 g/mol. The van der Waals surface area contributed by atoms with Crippen LogP contribution >= 0.6 is 0 Å². The number of hydrogen-bond acceptors (Lipinski definition) is 5. The summed E-state index contributed by atoms with van der Waals surface area (Å²) in [5, 5.41) is 4.09. The number of hydrogen-bond donors (Lipinski definition) is 1. The summed E-state index contributed by atoms with van der Waals surface area (Å²) in [4.78, 5) is 4.47. The van der Waals surface area contributed by atoms with Crippen molar-refractivity contribution in [2.75, 3.05) is 13.7 Å². The van der Waals surface area contributed by atoms with Crippen LogP contribution < -0.4 is 5.73 Å². The SMILES string of the molecule is CCC1CCC(N)(c2noc(CCCOC)n2)CC1. The van der Waals surface area contributed by atoms with Gasteiger partial charge in [0, 0.05) is 20.1 Å². The van der Waals surface area contributed by atoms with Crippen LogP contribution in [-0.2, 0) is 16.7 Å². The van der Waals surface area contributed by atoms with Gasteiger partial charge in [0.15, 0.2) is 5.82 Å². The van der Waals surface area contributed by atoms with Crippen molar-refractivity contribution in [3.63, 3.8) is 0 Å². The summed E-state index contributed by atoms with van der Waals surface area (Å²) in [5.41, 5.74) is 6.08. The molecule has 1 aromatic rings. The second kappa shape index (κ2) is 6.48. The molecule has 0 aromatic carbocycles. The Kier molecular flexibility index (Phi) is 4.93. The van der Waals surface area contributed by atoms with Crippen LogP contribution in [0.5, 0.6) is 0 Å². The lowest BCUT2D eigenvalue weighted by molar-refractivity contribution is 0.191. The first-order valence-electron chi connectivity index (χ1n) is 7.29. The highest BCUT2D eigenvalue weighted by atomic mass is 16.5. The average Bonchev–Trinajstić information content (AvgIpc) is 2.90. The summed E-state index contributed by atoms with van der Waals surface area (Å²) in [5.74, 6) is 2.17. The number of methoxy groups -OCH3 is 1. The number of nitrogens with zero attached hydrogens (tertiary/aromatic N) is 2. The van der Waals surface area contributed by atoms with Crippen molar-refractivity contribution < 1.29 is 9.26 Å². The predicted octanol–water partition coefficient (Wildman–Crippen LogP) is 2.40. The van der Waals surface area contributed by atoms with Gasteiger partial charge in [0.05, 0.1) is 5.54 Å². The van der Waals surface area contributed by atoms with Gasteiger partial charge in [-0.1, -0.05) is 18.5 Å². The Bertz CT molecular complexity index is 384. The fraction of sp³-hybridized carbons (Fsp3) is 0.857. The molecule has 1 aliphatic rings. The Balaban J connectivity index is 1.94. The molecule has 0 radical (unpaired) electrons. The fourth-order valence-electron chi connectivity index (χ4n) is 2.75. The molecular formula is C14H25N3O2. The molecule has 2 rings (SSSR count). The van der Waals surface area contributed by atoms with Gasteiger partial charge in [-0.25, -0.2) is 0 Å². The Morgan fingerprint density at radius 1 is 1.42 bits per heavy atom. The van der Waals surface area contributed by atoms with Crippen LogP contribution in [0.2, 0.25) is 0 Å². The number of rotatable bonds is 6. The van der Waals surface area contributed by atoms with E-state index >= 15 is 0 Å². The van der Waals surface area contributed by atoms with Crippen molar-refractivity contribution in [1.29, 1.82) is 0 Å². The van der Waals surface area contributed by atoms with Gasteiger partial charge in [-0.05, 0) is 38.0 Å². The topological polar surface area (TPSA) is 74.2 Å². The van der Waals surface area contributed by atoms with E-state index in [2.05, 4.69) is 17.1 Å². The maximum atomic E-state index is 6.46. The van der Waals surface area contributed by atoms with Gasteiger partial charge in [-0.2, -0.15) is 4.98 Å². The highest BCUT2D eigenvalue weighted by Crippen LogP contribution is 2.37. The van der Waals surface area contributed by atoms with E-state index in [4.69, 9.17) is 15.0 Å². The Hall–Kier alpha value is -0.940. The van der Waals surface area contributed by atoms with Crippen molar-refractivity contribution in [3.05, 3.63) is 11.7 Å². The molecule has 0 aliphatic heterocycles. The van der Waals surface area contributed by atoms with Crippen molar-refractivity contribution in [3.8, 4) is 0 Å². The maximum absolute atomic E-state index is 6.46. The molecule has 1 aromatic heterocycles. The number of ether oxygens (including phenoxy) is 1. The first-order valence-corrected chi connectivity index (χ1v) is 7.29. The van der Waals surface area contributed by atoms with Gasteiger partial charge in [0.25, 0.3) is 0 Å². The van der Waals surface area contributed by atoms with E-state index in [0.717, 1.165) is 31.6 Å². The van der Waals surface area contributed by atoms with Gasteiger partial charge >= 0.3 is 0 Å². The van der Waals surface area contributed by atoms with Crippen LogP contribution in [0.15, 0.2) is 4.52 Å². The molecule has 0 spiro atoms. The zero-order chi connectivity index (χ0) is 13.7. The molecule has 2 N–H and O–H groups in total. The van der Waals surface area contributed by atoms with Crippen molar-refractivity contribution in [2.45, 2.75) is 57.4 Å². The molecule has 0 bridgehead atoms. The number of nitrogens with two attached hydrogens (primary N) is 1. The molecule has 19 heavy (non-hydrogen) atoms. The molecule has 5 heteroatoms. The smallest absolute Gasteiger partial charge is 0.226 e. The molecule has 1 fully saturated rings. The van der Waals surface area contributed by atoms with E-state index in [1.54, 1.807) is 7.11 Å². The fourth-order valence-corrected chi connectivity index (χ4v) is 2.75. The van der Waals surface area contributed by atoms with Gasteiger partial charge in [-0.3, -0.25) is 0 Å². The predicted molar refractivity (Wildman–Crippen MR) is 72.6 cm³/mol. The first kappa shape index (κ1) is 14.5. The van der Waals surface area contributed by atoms with E-state index in [1.165, 1.54) is 19.3 Å². The van der Waals surface area contributed by atoms with E-state index in [0.29, 0.717) is 18.3 Å². The molecule has 0 atom stereocenters. The minimum absolute atomic E-state index is 0.380. The molecule has 1 aliphatic carbocycles. The third-order valence-electron chi connectivity index (χ3n) is 4.23. The zero-order valence-corrected chi connectivity index (χ0v) is 12.0. The zero-order valence-electron chi connectivity index (χ0n) is 12.0. The van der Waals surface area contributed by atoms with Crippen LogP contribution in [0, 0.1) is 5.92 Å². The monoisotopic (exact) mass is 267 g/mol. The molecule has 0 unspecified atom stereocenters. The first-order chi connectivity index (χ1) is 9.18. The lowest BCUT2D eigenvalue weighted by atomic mass is 9.76. The minimum atomic E-state index is -0.380. The summed E-state index contributed by atoms with van der Waals surface area (Å²) >= 11 is 0. The lowest BCUT2D eigenvalue weighted by Gasteiger charge is -2.34. The van der Waals surface area contributed by atoms with E-state index in [9.17, 15) is 0 Å². The second-order valence-electron chi connectivity index (χ2n) is 5.62. The van der Waals surface area contributed by atoms with Crippen LogP contribution in [0.3, 0.4) is 0 Å². The van der Waals surface area contributed by atoms with E-state index in [-0.39, 0.29) is 5.54 Å². The average molecular weight is 267 g/mol. The number of aromatic nitrogens is 2. The molecule has 0 amide bonds. The second-order valence-corrected chi connectivity index (χ2v) is 5.62. The van der Waals surface area contributed by atoms with Gasteiger partial charge < -0.3 is 15.0 Å². The summed E-state index contributed by atoms with van der Waals surface area (Å²) in [6.45, 7) is 2.96. The van der Waals surface area contributed by atoms with Crippen LogP contribution in [0.1, 0.15) is 57.2 Å². The highest BCUT2D eigenvalue weighted by molar-refractivity contribution is 5.06. The summed E-state index contributed by atoms with van der Waals surface area (Å²) in [6.07, 6.45) is 7.15. The molecule has 0 saturated heterocycles. The quantitative estimate of drug-likeness (QED) is 0.801. The van der Waals surface area contributed by atoms with Crippen LogP contribution in [-0.4, -0.2) is 23.9 Å². The Morgan fingerprint density at radius 3 is 2.79 bits per heavy atom. The lowest BCUT2D eigenvalue weighted by Crippen LogP contribution is -2.41. The van der Waals surface area contributed by atoms with Crippen molar-refractivity contribution in [2.24, 2.45) is 11.7 Å². The Labute approximate surface area is 114 Å². The van der Waals surface area contributed by atoms with Crippen LogP contribution in [0.25, 0.3) is 0 Å². The third-order valence-corrected chi connectivity index (χ3v) is 4.23. The number of aryl methyl sites for hydroxylation is 1. The minimum Gasteiger partial charge on any atom is -0.385 e. The maximum Gasteiger partial charge on any atom is 0.226 e. The highest BCUT2D eigenvalue weighted by Gasteiger charge is 2.36. The third kappa shape index (κ3) is 3.54. The van der Waals surface area contributed by atoms with Crippen molar-refractivity contribution >= 4 is 0 Å². The standard InChI is InChI=1S/C14H25N3O2/c1-3-11-6-8-14(15,9-7-11)13-16-12(19-17-13)5-4-10-18-2/h11H,3-10,15H2,1-2H3. The normalized spacial score (nSPS) is 27.6. The molecule has 1 saturated carbocycles. The van der Waals surface area contributed by atoms with Gasteiger partial charge in [-0.15, -0.1) is 0 Å². The van der Waals surface area contributed by atoms with Gasteiger partial charge in [0.2, 0.25) is 5.89 Å². The van der Waals surface area contributed by atoms with Gasteiger partial charge in [0.1, 0.15) is 0 Å². The largest absolute Gasteiger partial charge is 0.385 e. The van der Waals surface area contributed by atoms with E-state index < -0.39 is 0 Å². The Morgan fingerprint density at radius 2 is 2.16 bits per heavy atom. The van der Waals surface area contributed by atoms with Crippen molar-refractivity contribution in [1.82, 2.24) is 10.1 Å². The van der Waals surface area contributed by atoms with Crippen LogP contribution in [0.4, 0.5) is 0 Å². The molecule has 1 heterocycles. The molecule has 5 nitrogen and oxygen atoms in total. The summed E-state index contributed by atoms with van der Waals surface area (Å²) in [7, 11) is 1.69. The van der Waals surface area contributed by atoms with E-state index in [1.807, 2.05) is 0 Å². The molecule has 108 valence electrons. The summed E-state index contributed by atoms with van der Waals surface area (Å²) in [6, 6.07) is 0.